The molecular formula is C38H37N5OS. The van der Waals surface area contributed by atoms with Crippen molar-refractivity contribution in [1.29, 1.82) is 0 Å². The van der Waals surface area contributed by atoms with E-state index >= 15 is 0 Å². The van der Waals surface area contributed by atoms with E-state index in [2.05, 4.69) is 113 Å². The zero-order chi connectivity index (χ0) is 31.2. The molecule has 45 heavy (non-hydrogen) atoms. The molecule has 6 rings (SSSR count). The molecule has 0 atom stereocenters. The Balaban J connectivity index is 1.23. The summed E-state index contributed by atoms with van der Waals surface area (Å²) in [5.74, 6) is 1.04. The van der Waals surface area contributed by atoms with Gasteiger partial charge in [-0.1, -0.05) is 97.9 Å². The molecule has 0 bridgehead atoms. The van der Waals surface area contributed by atoms with Crippen LogP contribution in [0.5, 0.6) is 0 Å². The van der Waals surface area contributed by atoms with E-state index in [0.717, 1.165) is 68.2 Å². The summed E-state index contributed by atoms with van der Waals surface area (Å²) in [7, 11) is 0. The minimum absolute atomic E-state index is 0.206. The Morgan fingerprint density at radius 3 is 2.22 bits per heavy atom. The summed E-state index contributed by atoms with van der Waals surface area (Å²) in [6.45, 7) is 7.54. The molecule has 0 radical (unpaired) electrons. The van der Waals surface area contributed by atoms with Gasteiger partial charge in [0, 0.05) is 23.6 Å². The molecule has 7 heteroatoms. The minimum Gasteiger partial charge on any atom is -0.337 e. The maximum atomic E-state index is 12.7. The number of fused-ring (bicyclic) bond motifs is 1. The molecule has 0 aliphatic rings. The fourth-order valence-corrected chi connectivity index (χ4v) is 6.31. The highest BCUT2D eigenvalue weighted by atomic mass is 32.2. The highest BCUT2D eigenvalue weighted by Gasteiger charge is 2.15. The number of aromatic nitrogens is 3. The monoisotopic (exact) mass is 611 g/mol. The highest BCUT2D eigenvalue weighted by Crippen LogP contribution is 2.35. The number of hydrogen-bond donors (Lipinski definition) is 2. The molecule has 4 aromatic carbocycles. The number of urea groups is 1. The highest BCUT2D eigenvalue weighted by molar-refractivity contribution is 7.98. The van der Waals surface area contributed by atoms with E-state index in [1.54, 1.807) is 0 Å². The quantitative estimate of drug-likeness (QED) is 0.152. The molecule has 226 valence electrons. The summed E-state index contributed by atoms with van der Waals surface area (Å²) in [6, 6.07) is 37.5. The lowest BCUT2D eigenvalue weighted by molar-refractivity contribution is 0.246. The van der Waals surface area contributed by atoms with Gasteiger partial charge in [0.15, 0.2) is 5.65 Å². The molecule has 2 heterocycles. The number of benzene rings is 4. The third-order valence-corrected chi connectivity index (χ3v) is 8.77. The van der Waals surface area contributed by atoms with Crippen LogP contribution in [0.2, 0.25) is 0 Å². The van der Waals surface area contributed by atoms with Gasteiger partial charge in [-0.3, -0.25) is 4.72 Å². The van der Waals surface area contributed by atoms with Crippen LogP contribution >= 0.6 is 11.9 Å². The third-order valence-electron chi connectivity index (χ3n) is 7.91. The standard InChI is InChI=1S/C38H37N5OS/c1-4-35-41-36-26(2)23-27(3)40-37(36)43(35)25-29-15-17-31(18-16-29)33-24-32(30-13-9-6-10-14-30)19-20-34(33)45-42-38(44)39-22-21-28-11-7-5-8-12-28/h5-20,23-24H,4,21-22,25H2,1-3H3,(H2,39,42,44). The van der Waals surface area contributed by atoms with Gasteiger partial charge in [0.25, 0.3) is 0 Å². The normalized spacial score (nSPS) is 11.1. The summed E-state index contributed by atoms with van der Waals surface area (Å²) >= 11 is 1.33. The van der Waals surface area contributed by atoms with Crippen molar-refractivity contribution < 1.29 is 4.79 Å². The largest absolute Gasteiger partial charge is 0.337 e. The average molecular weight is 612 g/mol. The molecule has 0 unspecified atom stereocenters. The third kappa shape index (κ3) is 7.10. The number of imidazole rings is 1. The molecule has 0 spiro atoms. The van der Waals surface area contributed by atoms with E-state index in [0.29, 0.717) is 13.1 Å². The van der Waals surface area contributed by atoms with Crippen LogP contribution in [0.4, 0.5) is 4.79 Å². The first kappa shape index (κ1) is 30.2. The van der Waals surface area contributed by atoms with Gasteiger partial charge < -0.3 is 9.88 Å². The first-order valence-corrected chi connectivity index (χ1v) is 16.2. The predicted octanol–water partition coefficient (Wildman–Crippen LogP) is 8.54. The molecule has 2 amide bonds. The van der Waals surface area contributed by atoms with Gasteiger partial charge in [0.2, 0.25) is 0 Å². The second kappa shape index (κ2) is 13.8. The summed E-state index contributed by atoms with van der Waals surface area (Å²) in [5.41, 5.74) is 10.9. The fourth-order valence-electron chi connectivity index (χ4n) is 5.61. The number of rotatable bonds is 10. The molecule has 6 nitrogen and oxygen atoms in total. The Hall–Kier alpha value is -4.88. The van der Waals surface area contributed by atoms with Crippen molar-refractivity contribution in [3.05, 3.63) is 137 Å². The van der Waals surface area contributed by atoms with E-state index in [-0.39, 0.29) is 6.03 Å². The maximum absolute atomic E-state index is 12.7. The number of nitrogens with one attached hydrogen (secondary N) is 2. The molecule has 0 aliphatic carbocycles. The average Bonchev–Trinajstić information content (AvgIpc) is 3.42. The van der Waals surface area contributed by atoms with E-state index in [9.17, 15) is 4.79 Å². The van der Waals surface area contributed by atoms with Gasteiger partial charge in [-0.25, -0.2) is 14.8 Å². The van der Waals surface area contributed by atoms with Crippen molar-refractivity contribution >= 4 is 29.1 Å². The van der Waals surface area contributed by atoms with E-state index in [1.165, 1.54) is 23.1 Å². The first-order valence-electron chi connectivity index (χ1n) is 15.3. The summed E-state index contributed by atoms with van der Waals surface area (Å²) in [6.07, 6.45) is 1.62. The van der Waals surface area contributed by atoms with E-state index in [1.807, 2.05) is 31.2 Å². The van der Waals surface area contributed by atoms with Crippen molar-refractivity contribution in [2.75, 3.05) is 6.54 Å². The first-order chi connectivity index (χ1) is 22.0. The maximum Gasteiger partial charge on any atom is 0.325 e. The lowest BCUT2D eigenvalue weighted by Gasteiger charge is -2.14. The van der Waals surface area contributed by atoms with Crippen LogP contribution in [0.25, 0.3) is 33.4 Å². The van der Waals surface area contributed by atoms with Gasteiger partial charge in [0.1, 0.15) is 11.3 Å². The summed E-state index contributed by atoms with van der Waals surface area (Å²) in [4.78, 5) is 23.4. The van der Waals surface area contributed by atoms with Gasteiger partial charge in [-0.15, -0.1) is 0 Å². The lowest BCUT2D eigenvalue weighted by atomic mass is 9.98. The van der Waals surface area contributed by atoms with Crippen molar-refractivity contribution in [2.24, 2.45) is 0 Å². The Labute approximate surface area is 269 Å². The predicted molar refractivity (Wildman–Crippen MR) is 185 cm³/mol. The van der Waals surface area contributed by atoms with Crippen molar-refractivity contribution in [3.8, 4) is 22.3 Å². The van der Waals surface area contributed by atoms with Gasteiger partial charge in [-0.2, -0.15) is 0 Å². The SMILES string of the molecule is CCc1nc2c(C)cc(C)nc2n1Cc1ccc(-c2cc(-c3ccccc3)ccc2SNC(=O)NCCc2ccccc2)cc1. The van der Waals surface area contributed by atoms with Crippen molar-refractivity contribution in [1.82, 2.24) is 24.6 Å². The van der Waals surface area contributed by atoms with Crippen LogP contribution in [0.15, 0.2) is 114 Å². The second-order valence-corrected chi connectivity index (χ2v) is 12.0. The molecule has 0 saturated carbocycles. The lowest BCUT2D eigenvalue weighted by Crippen LogP contribution is -2.32. The van der Waals surface area contributed by atoms with Gasteiger partial charge in [0.05, 0.1) is 6.54 Å². The Morgan fingerprint density at radius 2 is 1.49 bits per heavy atom. The molecule has 2 aromatic heterocycles. The number of nitrogens with zero attached hydrogens (tertiary/aromatic N) is 3. The number of amides is 2. The number of carbonyl (C=O) groups is 1. The van der Waals surface area contributed by atoms with Crippen LogP contribution in [-0.2, 0) is 19.4 Å². The Bertz CT molecular complexity index is 1920. The molecular weight excluding hydrogens is 575 g/mol. The number of pyridine rings is 1. The number of aryl methyl sites for hydroxylation is 3. The zero-order valence-corrected chi connectivity index (χ0v) is 26.7. The van der Waals surface area contributed by atoms with Crippen LogP contribution < -0.4 is 10.0 Å². The fraction of sp³-hybridized carbons (Fsp3) is 0.184. The van der Waals surface area contributed by atoms with Crippen molar-refractivity contribution in [3.63, 3.8) is 0 Å². The molecule has 0 fully saturated rings. The molecule has 0 saturated heterocycles. The molecule has 6 aromatic rings. The van der Waals surface area contributed by atoms with Gasteiger partial charge in [-0.05, 0) is 89.4 Å². The van der Waals surface area contributed by atoms with Gasteiger partial charge >= 0.3 is 6.03 Å². The smallest absolute Gasteiger partial charge is 0.325 e. The summed E-state index contributed by atoms with van der Waals surface area (Å²) < 4.78 is 5.22. The van der Waals surface area contributed by atoms with Crippen molar-refractivity contribution in [2.45, 2.75) is 45.1 Å². The number of carbonyl (C=O) groups excluding carboxylic acids is 1. The molecule has 0 aliphatic heterocycles. The summed E-state index contributed by atoms with van der Waals surface area (Å²) in [5, 5.41) is 2.97. The van der Waals surface area contributed by atoms with Crippen LogP contribution in [0.1, 0.15) is 35.1 Å². The second-order valence-electron chi connectivity index (χ2n) is 11.2. The van der Waals surface area contributed by atoms with Crippen LogP contribution in [0.3, 0.4) is 0 Å². The van der Waals surface area contributed by atoms with Crippen LogP contribution in [-0.4, -0.2) is 27.1 Å². The Kier molecular flexibility index (Phi) is 9.27. The number of hydrogen-bond acceptors (Lipinski definition) is 4. The topological polar surface area (TPSA) is 71.8 Å². The minimum atomic E-state index is -0.206. The Morgan fingerprint density at radius 1 is 0.778 bits per heavy atom. The zero-order valence-electron chi connectivity index (χ0n) is 25.9. The van der Waals surface area contributed by atoms with Crippen LogP contribution in [0, 0.1) is 13.8 Å². The molecule has 2 N–H and O–H groups in total. The van der Waals surface area contributed by atoms with E-state index < -0.39 is 0 Å². The van der Waals surface area contributed by atoms with E-state index in [4.69, 9.17) is 9.97 Å².